The Bertz CT molecular complexity index is 811. The molecule has 0 atom stereocenters. The maximum absolute atomic E-state index is 12.2. The smallest absolute Gasteiger partial charge is 0.251 e. The van der Waals surface area contributed by atoms with Crippen LogP contribution in [0.2, 0.25) is 0 Å². The lowest BCUT2D eigenvalue weighted by Gasteiger charge is -2.13. The van der Waals surface area contributed by atoms with E-state index in [1.54, 1.807) is 6.07 Å². The molecule has 2 rings (SSSR count). The quantitative estimate of drug-likeness (QED) is 0.628. The first-order chi connectivity index (χ1) is 13.3. The fraction of sp³-hybridized carbons (Fsp3) is 0.391. The Kier molecular flexibility index (Phi) is 7.61. The first kappa shape index (κ1) is 21.5. The summed E-state index contributed by atoms with van der Waals surface area (Å²) < 4.78 is 0. The Morgan fingerprint density at radius 1 is 0.964 bits per heavy atom. The van der Waals surface area contributed by atoms with Crippen molar-refractivity contribution in [2.24, 2.45) is 5.92 Å². The maximum Gasteiger partial charge on any atom is 0.251 e. The van der Waals surface area contributed by atoms with E-state index < -0.39 is 0 Å². The largest absolute Gasteiger partial charge is 0.376 e. The van der Waals surface area contributed by atoms with Crippen molar-refractivity contribution >= 4 is 23.2 Å². The number of nitrogens with one attached hydrogen (secondary N) is 3. The highest BCUT2D eigenvalue weighted by Crippen LogP contribution is 2.18. The van der Waals surface area contributed by atoms with Crippen molar-refractivity contribution in [3.05, 3.63) is 59.2 Å². The van der Waals surface area contributed by atoms with Gasteiger partial charge in [0.25, 0.3) is 5.91 Å². The van der Waals surface area contributed by atoms with E-state index in [1.807, 2.05) is 43.3 Å². The van der Waals surface area contributed by atoms with E-state index in [9.17, 15) is 9.59 Å². The van der Waals surface area contributed by atoms with Crippen LogP contribution in [0.4, 0.5) is 11.4 Å². The molecule has 5 heteroatoms. The summed E-state index contributed by atoms with van der Waals surface area (Å²) in [5, 5.41) is 8.93. The van der Waals surface area contributed by atoms with Gasteiger partial charge in [0.05, 0.1) is 6.54 Å². The Balaban J connectivity index is 1.89. The zero-order valence-electron chi connectivity index (χ0n) is 17.4. The topological polar surface area (TPSA) is 70.2 Å². The summed E-state index contributed by atoms with van der Waals surface area (Å²) in [4.78, 5) is 24.4. The average molecular weight is 382 g/mol. The van der Waals surface area contributed by atoms with Crippen molar-refractivity contribution in [1.29, 1.82) is 0 Å². The predicted octanol–water partition coefficient (Wildman–Crippen LogP) is 4.55. The van der Waals surface area contributed by atoms with Gasteiger partial charge in [-0.25, -0.2) is 0 Å². The molecule has 0 heterocycles. The van der Waals surface area contributed by atoms with Crippen molar-refractivity contribution in [2.75, 3.05) is 23.7 Å². The van der Waals surface area contributed by atoms with Gasteiger partial charge in [-0.2, -0.15) is 0 Å². The van der Waals surface area contributed by atoms with E-state index in [-0.39, 0.29) is 18.4 Å². The van der Waals surface area contributed by atoms with Gasteiger partial charge < -0.3 is 16.0 Å². The van der Waals surface area contributed by atoms with Crippen LogP contribution in [0, 0.1) is 12.8 Å². The van der Waals surface area contributed by atoms with Gasteiger partial charge in [-0.3, -0.25) is 9.59 Å². The van der Waals surface area contributed by atoms with Crippen LogP contribution in [-0.2, 0) is 4.79 Å². The van der Waals surface area contributed by atoms with E-state index in [0.29, 0.717) is 23.9 Å². The highest BCUT2D eigenvalue weighted by atomic mass is 16.2. The Hall–Kier alpha value is -2.82. The molecule has 150 valence electrons. The molecule has 0 aliphatic heterocycles. The molecule has 3 N–H and O–H groups in total. The second-order valence-corrected chi connectivity index (χ2v) is 7.81. The van der Waals surface area contributed by atoms with Crippen LogP contribution < -0.4 is 16.0 Å². The summed E-state index contributed by atoms with van der Waals surface area (Å²) in [6, 6.07) is 13.3. The lowest BCUT2D eigenvalue weighted by Crippen LogP contribution is -2.27. The highest BCUT2D eigenvalue weighted by molar-refractivity contribution is 5.96. The lowest BCUT2D eigenvalue weighted by molar-refractivity contribution is -0.114. The van der Waals surface area contributed by atoms with E-state index in [1.165, 1.54) is 5.56 Å². The lowest BCUT2D eigenvalue weighted by atomic mass is 10.0. The minimum atomic E-state index is -0.115. The third kappa shape index (κ3) is 6.41. The summed E-state index contributed by atoms with van der Waals surface area (Å²) in [5.74, 6) is 0.678. The SMILES string of the molecule is Cc1cc(C(=O)NCC(C)C)ccc1NCC(=O)Nc1ccc(C(C)C)cc1. The first-order valence-electron chi connectivity index (χ1n) is 9.78. The van der Waals surface area contributed by atoms with E-state index >= 15 is 0 Å². The Morgan fingerprint density at radius 2 is 1.64 bits per heavy atom. The molecule has 0 bridgehead atoms. The molecular formula is C23H31N3O2. The van der Waals surface area contributed by atoms with Crippen LogP contribution in [-0.4, -0.2) is 24.9 Å². The minimum Gasteiger partial charge on any atom is -0.376 e. The van der Waals surface area contributed by atoms with E-state index in [4.69, 9.17) is 0 Å². The number of anilines is 2. The molecule has 0 radical (unpaired) electrons. The summed E-state index contributed by atoms with van der Waals surface area (Å²) in [6.45, 7) is 11.1. The van der Waals surface area contributed by atoms with Gasteiger partial charge in [-0.1, -0.05) is 39.8 Å². The molecule has 5 nitrogen and oxygen atoms in total. The first-order valence-corrected chi connectivity index (χ1v) is 9.78. The summed E-state index contributed by atoms with van der Waals surface area (Å²) in [5.41, 5.74) is 4.41. The molecular weight excluding hydrogens is 350 g/mol. The van der Waals surface area contributed by atoms with Crippen molar-refractivity contribution in [3.63, 3.8) is 0 Å². The minimum absolute atomic E-state index is 0.0778. The highest BCUT2D eigenvalue weighted by Gasteiger charge is 2.09. The number of hydrogen-bond acceptors (Lipinski definition) is 3. The Labute approximate surface area is 167 Å². The van der Waals surface area contributed by atoms with Crippen molar-refractivity contribution in [2.45, 2.75) is 40.5 Å². The van der Waals surface area contributed by atoms with Crippen molar-refractivity contribution in [3.8, 4) is 0 Å². The number of aryl methyl sites for hydroxylation is 1. The summed E-state index contributed by atoms with van der Waals surface area (Å²) >= 11 is 0. The van der Waals surface area contributed by atoms with Gasteiger partial charge in [0, 0.05) is 23.5 Å². The second kappa shape index (κ2) is 9.93. The van der Waals surface area contributed by atoms with Gasteiger partial charge in [0.15, 0.2) is 0 Å². The number of carbonyl (C=O) groups is 2. The third-order valence-electron chi connectivity index (χ3n) is 4.46. The van der Waals surface area contributed by atoms with Crippen LogP contribution in [0.15, 0.2) is 42.5 Å². The third-order valence-corrected chi connectivity index (χ3v) is 4.46. The second-order valence-electron chi connectivity index (χ2n) is 7.81. The molecule has 0 aliphatic carbocycles. The number of benzene rings is 2. The molecule has 0 fully saturated rings. The van der Waals surface area contributed by atoms with Gasteiger partial charge in [0.2, 0.25) is 5.91 Å². The molecule has 2 amide bonds. The van der Waals surface area contributed by atoms with Crippen LogP contribution >= 0.6 is 0 Å². The number of hydrogen-bond donors (Lipinski definition) is 3. The van der Waals surface area contributed by atoms with Crippen LogP contribution in [0.1, 0.15) is 55.1 Å². The van der Waals surface area contributed by atoms with E-state index in [0.717, 1.165) is 16.9 Å². The standard InChI is InChI=1S/C23H31N3O2/c1-15(2)13-25-23(28)19-8-11-21(17(5)12-19)24-14-22(27)26-20-9-6-18(7-10-20)16(3)4/h6-12,15-16,24H,13-14H2,1-5H3,(H,25,28)(H,26,27). The predicted molar refractivity (Wildman–Crippen MR) is 116 cm³/mol. The molecule has 0 spiro atoms. The Morgan fingerprint density at radius 3 is 2.21 bits per heavy atom. The van der Waals surface area contributed by atoms with Crippen molar-refractivity contribution < 1.29 is 9.59 Å². The molecule has 2 aromatic rings. The zero-order valence-corrected chi connectivity index (χ0v) is 17.4. The fourth-order valence-electron chi connectivity index (χ4n) is 2.73. The van der Waals surface area contributed by atoms with Gasteiger partial charge in [0.1, 0.15) is 0 Å². The van der Waals surface area contributed by atoms with E-state index in [2.05, 4.69) is 43.6 Å². The number of carbonyl (C=O) groups excluding carboxylic acids is 2. The average Bonchev–Trinajstić information content (AvgIpc) is 2.65. The monoisotopic (exact) mass is 381 g/mol. The van der Waals surface area contributed by atoms with Crippen LogP contribution in [0.25, 0.3) is 0 Å². The number of amides is 2. The summed E-state index contributed by atoms with van der Waals surface area (Å²) in [7, 11) is 0. The van der Waals surface area contributed by atoms with Crippen LogP contribution in [0.5, 0.6) is 0 Å². The fourth-order valence-corrected chi connectivity index (χ4v) is 2.73. The number of rotatable bonds is 8. The van der Waals surface area contributed by atoms with Gasteiger partial charge in [-0.05, 0) is 60.2 Å². The molecule has 0 saturated carbocycles. The molecule has 2 aromatic carbocycles. The molecule has 0 saturated heterocycles. The zero-order chi connectivity index (χ0) is 20.7. The molecule has 28 heavy (non-hydrogen) atoms. The van der Waals surface area contributed by atoms with Gasteiger partial charge >= 0.3 is 0 Å². The molecule has 0 unspecified atom stereocenters. The normalized spacial score (nSPS) is 10.8. The maximum atomic E-state index is 12.2. The molecule has 0 aliphatic rings. The summed E-state index contributed by atoms with van der Waals surface area (Å²) in [6.07, 6.45) is 0. The van der Waals surface area contributed by atoms with Gasteiger partial charge in [-0.15, -0.1) is 0 Å². The molecule has 0 aromatic heterocycles. The van der Waals surface area contributed by atoms with Crippen molar-refractivity contribution in [1.82, 2.24) is 5.32 Å². The van der Waals surface area contributed by atoms with Crippen LogP contribution in [0.3, 0.4) is 0 Å².